The second-order valence-corrected chi connectivity index (χ2v) is 5.32. The number of aliphatic hydroxyl groups is 1. The number of nitrogens with one attached hydrogen (secondary N) is 3. The van der Waals surface area contributed by atoms with Gasteiger partial charge < -0.3 is 20.4 Å². The molecule has 0 aliphatic heterocycles. The molecule has 0 saturated carbocycles. The van der Waals surface area contributed by atoms with Crippen molar-refractivity contribution in [3.8, 4) is 0 Å². The SMILES string of the molecule is CSCC[C@@H](O)CNCc1c[nH]c2c(=O)[nH]cnc12. The molecular formula is C12H18N4O2S. The molecule has 0 aliphatic rings. The second kappa shape index (κ2) is 6.74. The van der Waals surface area contributed by atoms with Crippen molar-refractivity contribution in [2.75, 3.05) is 18.6 Å². The van der Waals surface area contributed by atoms with Crippen molar-refractivity contribution in [2.45, 2.75) is 19.1 Å². The standard InChI is InChI=1S/C12H18N4O2S/c1-19-3-2-9(17)6-13-4-8-5-14-11-10(8)15-7-16-12(11)18/h5,7,9,13-14,17H,2-4,6H2,1H3,(H,15,16,18)/t9-/m1/s1. The van der Waals surface area contributed by atoms with Gasteiger partial charge in [-0.25, -0.2) is 4.98 Å². The van der Waals surface area contributed by atoms with E-state index >= 15 is 0 Å². The van der Waals surface area contributed by atoms with Crippen LogP contribution in [-0.2, 0) is 6.54 Å². The summed E-state index contributed by atoms with van der Waals surface area (Å²) >= 11 is 1.72. The Kier molecular flexibility index (Phi) is 5.00. The monoisotopic (exact) mass is 282 g/mol. The summed E-state index contributed by atoms with van der Waals surface area (Å²) in [5, 5.41) is 12.9. The Hall–Kier alpha value is -1.31. The van der Waals surface area contributed by atoms with Crippen LogP contribution in [0, 0.1) is 0 Å². The maximum atomic E-state index is 11.5. The lowest BCUT2D eigenvalue weighted by Gasteiger charge is -2.10. The van der Waals surface area contributed by atoms with Gasteiger partial charge in [-0.3, -0.25) is 4.79 Å². The van der Waals surface area contributed by atoms with Crippen molar-refractivity contribution in [3.05, 3.63) is 28.4 Å². The summed E-state index contributed by atoms with van der Waals surface area (Å²) in [7, 11) is 0. The van der Waals surface area contributed by atoms with Crippen LogP contribution in [0.3, 0.4) is 0 Å². The molecule has 4 N–H and O–H groups in total. The molecular weight excluding hydrogens is 264 g/mol. The van der Waals surface area contributed by atoms with Crippen LogP contribution < -0.4 is 10.9 Å². The zero-order chi connectivity index (χ0) is 13.7. The number of aliphatic hydroxyl groups excluding tert-OH is 1. The minimum Gasteiger partial charge on any atom is -0.392 e. The van der Waals surface area contributed by atoms with Gasteiger partial charge in [0.1, 0.15) is 5.52 Å². The number of aromatic amines is 2. The summed E-state index contributed by atoms with van der Waals surface area (Å²) in [6.07, 6.45) is 5.63. The van der Waals surface area contributed by atoms with Crippen molar-refractivity contribution in [3.63, 3.8) is 0 Å². The number of H-pyrrole nitrogens is 2. The highest BCUT2D eigenvalue weighted by Crippen LogP contribution is 2.10. The number of hydrogen-bond donors (Lipinski definition) is 4. The molecule has 7 heteroatoms. The Morgan fingerprint density at radius 3 is 3.16 bits per heavy atom. The van der Waals surface area contributed by atoms with Gasteiger partial charge in [-0.1, -0.05) is 0 Å². The fraction of sp³-hybridized carbons (Fsp3) is 0.500. The normalized spacial score (nSPS) is 12.9. The van der Waals surface area contributed by atoms with Gasteiger partial charge in [-0.15, -0.1) is 0 Å². The third kappa shape index (κ3) is 3.59. The lowest BCUT2D eigenvalue weighted by molar-refractivity contribution is 0.168. The molecule has 0 aliphatic carbocycles. The number of fused-ring (bicyclic) bond motifs is 1. The van der Waals surface area contributed by atoms with Crippen molar-refractivity contribution in [1.82, 2.24) is 20.3 Å². The number of nitrogens with zero attached hydrogens (tertiary/aromatic N) is 1. The average molecular weight is 282 g/mol. The number of hydrogen-bond acceptors (Lipinski definition) is 5. The molecule has 2 aromatic heterocycles. The van der Waals surface area contributed by atoms with E-state index in [1.165, 1.54) is 6.33 Å². The molecule has 0 saturated heterocycles. The van der Waals surface area contributed by atoms with Crippen LogP contribution in [0.15, 0.2) is 17.3 Å². The van der Waals surface area contributed by atoms with Gasteiger partial charge >= 0.3 is 0 Å². The molecule has 1 atom stereocenters. The highest BCUT2D eigenvalue weighted by Gasteiger charge is 2.08. The van der Waals surface area contributed by atoms with Gasteiger partial charge in [0, 0.05) is 24.8 Å². The topological polar surface area (TPSA) is 93.8 Å². The third-order valence-electron chi connectivity index (χ3n) is 2.90. The van der Waals surface area contributed by atoms with Crippen LogP contribution in [0.5, 0.6) is 0 Å². The first-order valence-electron chi connectivity index (χ1n) is 6.13. The molecule has 6 nitrogen and oxygen atoms in total. The minimum absolute atomic E-state index is 0.170. The fourth-order valence-electron chi connectivity index (χ4n) is 1.87. The van der Waals surface area contributed by atoms with Gasteiger partial charge in [-0.05, 0) is 18.4 Å². The van der Waals surface area contributed by atoms with E-state index in [1.54, 1.807) is 18.0 Å². The summed E-state index contributed by atoms with van der Waals surface area (Å²) < 4.78 is 0. The van der Waals surface area contributed by atoms with E-state index in [0.29, 0.717) is 24.1 Å². The molecule has 2 heterocycles. The van der Waals surface area contributed by atoms with Gasteiger partial charge in [-0.2, -0.15) is 11.8 Å². The zero-order valence-electron chi connectivity index (χ0n) is 10.8. The van der Waals surface area contributed by atoms with Gasteiger partial charge in [0.15, 0.2) is 0 Å². The highest BCUT2D eigenvalue weighted by molar-refractivity contribution is 7.98. The molecule has 0 amide bonds. The van der Waals surface area contributed by atoms with E-state index in [2.05, 4.69) is 20.3 Å². The van der Waals surface area contributed by atoms with Crippen molar-refractivity contribution in [1.29, 1.82) is 0 Å². The third-order valence-corrected chi connectivity index (χ3v) is 3.54. The molecule has 0 bridgehead atoms. The van der Waals surface area contributed by atoms with Crippen LogP contribution in [0.1, 0.15) is 12.0 Å². The van der Waals surface area contributed by atoms with E-state index in [-0.39, 0.29) is 11.7 Å². The Morgan fingerprint density at radius 1 is 1.53 bits per heavy atom. The predicted molar refractivity (Wildman–Crippen MR) is 77.4 cm³/mol. The average Bonchev–Trinajstić information content (AvgIpc) is 2.81. The van der Waals surface area contributed by atoms with Crippen LogP contribution in [0.25, 0.3) is 11.0 Å². The molecule has 2 aromatic rings. The van der Waals surface area contributed by atoms with Gasteiger partial charge in [0.2, 0.25) is 0 Å². The first-order valence-corrected chi connectivity index (χ1v) is 7.53. The smallest absolute Gasteiger partial charge is 0.275 e. The lowest BCUT2D eigenvalue weighted by Crippen LogP contribution is -2.26. The molecule has 0 unspecified atom stereocenters. The lowest BCUT2D eigenvalue weighted by atomic mass is 10.2. The van der Waals surface area contributed by atoms with Crippen LogP contribution in [0.4, 0.5) is 0 Å². The van der Waals surface area contributed by atoms with Crippen molar-refractivity contribution < 1.29 is 5.11 Å². The Balaban J connectivity index is 1.92. The number of thioether (sulfide) groups is 1. The molecule has 0 spiro atoms. The maximum Gasteiger partial charge on any atom is 0.275 e. The van der Waals surface area contributed by atoms with Crippen molar-refractivity contribution >= 4 is 22.8 Å². The zero-order valence-corrected chi connectivity index (χ0v) is 11.6. The number of aromatic nitrogens is 3. The van der Waals surface area contributed by atoms with Gasteiger partial charge in [0.25, 0.3) is 5.56 Å². The highest BCUT2D eigenvalue weighted by atomic mass is 32.2. The summed E-state index contributed by atoms with van der Waals surface area (Å²) in [5.74, 6) is 0.951. The Morgan fingerprint density at radius 2 is 2.37 bits per heavy atom. The molecule has 19 heavy (non-hydrogen) atoms. The van der Waals surface area contributed by atoms with E-state index in [9.17, 15) is 9.90 Å². The minimum atomic E-state index is -0.339. The van der Waals surface area contributed by atoms with Crippen molar-refractivity contribution in [2.24, 2.45) is 0 Å². The first kappa shape index (κ1) is 14.1. The number of rotatable bonds is 7. The summed E-state index contributed by atoms with van der Waals surface area (Å²) in [5.41, 5.74) is 1.92. The van der Waals surface area contributed by atoms with E-state index < -0.39 is 0 Å². The molecule has 2 rings (SSSR count). The molecule has 0 fully saturated rings. The largest absolute Gasteiger partial charge is 0.392 e. The van der Waals surface area contributed by atoms with Gasteiger partial charge in [0.05, 0.1) is 17.9 Å². The van der Waals surface area contributed by atoms with E-state index in [1.807, 2.05) is 6.26 Å². The van der Waals surface area contributed by atoms with E-state index in [4.69, 9.17) is 0 Å². The Bertz CT molecular complexity index is 580. The van der Waals surface area contributed by atoms with Crippen LogP contribution in [0.2, 0.25) is 0 Å². The predicted octanol–water partition coefficient (Wildman–Crippen LogP) is 0.455. The summed E-state index contributed by atoms with van der Waals surface area (Å²) in [6.45, 7) is 1.11. The van der Waals surface area contributed by atoms with E-state index in [0.717, 1.165) is 17.7 Å². The molecule has 0 radical (unpaired) electrons. The summed E-state index contributed by atoms with van der Waals surface area (Å²) in [4.78, 5) is 21.1. The first-order chi connectivity index (χ1) is 9.22. The fourth-order valence-corrected chi connectivity index (χ4v) is 2.38. The van der Waals surface area contributed by atoms with Crippen LogP contribution in [-0.4, -0.2) is 44.7 Å². The quantitative estimate of drug-likeness (QED) is 0.592. The summed E-state index contributed by atoms with van der Waals surface area (Å²) in [6, 6.07) is 0. The van der Waals surface area contributed by atoms with Crippen LogP contribution >= 0.6 is 11.8 Å². The molecule has 0 aromatic carbocycles. The Labute approximate surface area is 115 Å². The second-order valence-electron chi connectivity index (χ2n) is 4.34. The maximum absolute atomic E-state index is 11.5. The molecule has 104 valence electrons.